The molecular formula is C11H14BrFN2O3. The summed E-state index contributed by atoms with van der Waals surface area (Å²) in [7, 11) is 0. The number of urea groups is 1. The molecule has 0 spiro atoms. The standard InChI is InChI=1S/C11H14BrFN2O3/c12-8-5-9(13)7-10(6-8)14-11(18)15(1-3-16)2-4-17/h5-7,16-17H,1-4H2,(H,14,18). The third-order valence-electron chi connectivity index (χ3n) is 2.14. The van der Waals surface area contributed by atoms with E-state index in [-0.39, 0.29) is 26.3 Å². The maximum absolute atomic E-state index is 13.1. The fraction of sp³-hybridized carbons (Fsp3) is 0.364. The monoisotopic (exact) mass is 320 g/mol. The lowest BCUT2D eigenvalue weighted by Crippen LogP contribution is -2.38. The number of benzene rings is 1. The molecule has 0 aliphatic heterocycles. The molecule has 1 rings (SSSR count). The molecule has 0 saturated heterocycles. The second kappa shape index (κ2) is 7.30. The molecule has 0 fully saturated rings. The molecule has 0 unspecified atom stereocenters. The second-order valence-corrected chi connectivity index (χ2v) is 4.44. The summed E-state index contributed by atoms with van der Waals surface area (Å²) in [5.74, 6) is -0.476. The first-order chi connectivity index (χ1) is 8.56. The first kappa shape index (κ1) is 14.9. The Balaban J connectivity index is 2.72. The third kappa shape index (κ3) is 4.59. The van der Waals surface area contributed by atoms with Gasteiger partial charge in [-0.3, -0.25) is 0 Å². The Bertz CT molecular complexity index is 391. The Morgan fingerprint density at radius 2 is 1.89 bits per heavy atom. The maximum atomic E-state index is 13.1. The minimum absolute atomic E-state index is 0.100. The Hall–Kier alpha value is -1.18. The molecule has 18 heavy (non-hydrogen) atoms. The Morgan fingerprint density at radius 3 is 2.39 bits per heavy atom. The smallest absolute Gasteiger partial charge is 0.322 e. The van der Waals surface area contributed by atoms with Gasteiger partial charge in [0.15, 0.2) is 0 Å². The summed E-state index contributed by atoms with van der Waals surface area (Å²) in [5, 5.41) is 20.1. The van der Waals surface area contributed by atoms with Crippen LogP contribution in [0.5, 0.6) is 0 Å². The molecule has 7 heteroatoms. The molecule has 0 aromatic heterocycles. The average molecular weight is 321 g/mol. The van der Waals surface area contributed by atoms with E-state index in [0.29, 0.717) is 10.2 Å². The van der Waals surface area contributed by atoms with Crippen molar-refractivity contribution in [2.24, 2.45) is 0 Å². The topological polar surface area (TPSA) is 72.8 Å². The van der Waals surface area contributed by atoms with Crippen LogP contribution in [0.3, 0.4) is 0 Å². The number of aliphatic hydroxyl groups is 2. The van der Waals surface area contributed by atoms with Gasteiger partial charge in [0.2, 0.25) is 0 Å². The molecule has 0 saturated carbocycles. The quantitative estimate of drug-likeness (QED) is 0.768. The van der Waals surface area contributed by atoms with E-state index in [0.717, 1.165) is 0 Å². The minimum Gasteiger partial charge on any atom is -0.395 e. The van der Waals surface area contributed by atoms with E-state index < -0.39 is 11.8 Å². The van der Waals surface area contributed by atoms with Crippen molar-refractivity contribution in [3.05, 3.63) is 28.5 Å². The van der Waals surface area contributed by atoms with Gasteiger partial charge in [0, 0.05) is 23.2 Å². The number of hydrogen-bond acceptors (Lipinski definition) is 3. The number of amides is 2. The number of anilines is 1. The highest BCUT2D eigenvalue weighted by molar-refractivity contribution is 9.10. The normalized spacial score (nSPS) is 10.2. The number of carbonyl (C=O) groups is 1. The number of hydrogen-bond donors (Lipinski definition) is 3. The number of nitrogens with one attached hydrogen (secondary N) is 1. The van der Waals surface area contributed by atoms with Crippen LogP contribution in [0.4, 0.5) is 14.9 Å². The largest absolute Gasteiger partial charge is 0.395 e. The number of rotatable bonds is 5. The molecule has 0 heterocycles. The van der Waals surface area contributed by atoms with E-state index in [2.05, 4.69) is 21.2 Å². The van der Waals surface area contributed by atoms with Crippen LogP contribution in [-0.4, -0.2) is 47.4 Å². The average Bonchev–Trinajstić information content (AvgIpc) is 2.27. The van der Waals surface area contributed by atoms with Crippen molar-refractivity contribution in [2.45, 2.75) is 0 Å². The SMILES string of the molecule is O=C(Nc1cc(F)cc(Br)c1)N(CCO)CCO. The maximum Gasteiger partial charge on any atom is 0.322 e. The van der Waals surface area contributed by atoms with Crippen LogP contribution in [-0.2, 0) is 0 Å². The lowest BCUT2D eigenvalue weighted by molar-refractivity contribution is 0.167. The highest BCUT2D eigenvalue weighted by atomic mass is 79.9. The fourth-order valence-corrected chi connectivity index (χ4v) is 1.85. The molecule has 1 aromatic rings. The van der Waals surface area contributed by atoms with Gasteiger partial charge in [0.1, 0.15) is 5.82 Å². The molecule has 2 amide bonds. The number of carbonyl (C=O) groups excluding carboxylic acids is 1. The van der Waals surface area contributed by atoms with Crippen LogP contribution in [0.25, 0.3) is 0 Å². The van der Waals surface area contributed by atoms with Crippen molar-refractivity contribution in [1.29, 1.82) is 0 Å². The van der Waals surface area contributed by atoms with Crippen molar-refractivity contribution in [3.8, 4) is 0 Å². The van der Waals surface area contributed by atoms with Crippen molar-refractivity contribution in [2.75, 3.05) is 31.6 Å². The second-order valence-electron chi connectivity index (χ2n) is 3.52. The molecular weight excluding hydrogens is 307 g/mol. The van der Waals surface area contributed by atoms with Gasteiger partial charge in [-0.1, -0.05) is 15.9 Å². The van der Waals surface area contributed by atoms with Gasteiger partial charge < -0.3 is 20.4 Å². The molecule has 0 aliphatic carbocycles. The first-order valence-corrected chi connectivity index (χ1v) is 6.10. The van der Waals surface area contributed by atoms with E-state index in [4.69, 9.17) is 10.2 Å². The van der Waals surface area contributed by atoms with Gasteiger partial charge in [-0.05, 0) is 18.2 Å². The van der Waals surface area contributed by atoms with Crippen molar-refractivity contribution < 1.29 is 19.4 Å². The molecule has 0 radical (unpaired) electrons. The van der Waals surface area contributed by atoms with Crippen LogP contribution in [0.1, 0.15) is 0 Å². The van der Waals surface area contributed by atoms with Gasteiger partial charge >= 0.3 is 6.03 Å². The zero-order valence-corrected chi connectivity index (χ0v) is 11.2. The van der Waals surface area contributed by atoms with Gasteiger partial charge in [0.05, 0.1) is 13.2 Å². The Labute approximate surface area is 112 Å². The van der Waals surface area contributed by atoms with Crippen LogP contribution in [0, 0.1) is 5.82 Å². The van der Waals surface area contributed by atoms with Gasteiger partial charge in [0.25, 0.3) is 0 Å². The summed E-state index contributed by atoms with van der Waals surface area (Å²) in [6.07, 6.45) is 0. The number of aliphatic hydroxyl groups excluding tert-OH is 2. The van der Waals surface area contributed by atoms with Crippen molar-refractivity contribution in [1.82, 2.24) is 4.90 Å². The zero-order chi connectivity index (χ0) is 13.5. The fourth-order valence-electron chi connectivity index (χ4n) is 1.38. The summed E-state index contributed by atoms with van der Waals surface area (Å²) >= 11 is 3.12. The number of halogens is 2. The molecule has 3 N–H and O–H groups in total. The summed E-state index contributed by atoms with van der Waals surface area (Å²) in [6.45, 7) is -0.216. The van der Waals surface area contributed by atoms with Gasteiger partial charge in [-0.2, -0.15) is 0 Å². The summed E-state index contributed by atoms with van der Waals surface area (Å²) in [4.78, 5) is 13.0. The van der Waals surface area contributed by atoms with E-state index in [1.165, 1.54) is 17.0 Å². The van der Waals surface area contributed by atoms with Crippen molar-refractivity contribution >= 4 is 27.6 Å². The molecule has 0 bridgehead atoms. The summed E-state index contributed by atoms with van der Waals surface area (Å²) < 4.78 is 13.6. The Morgan fingerprint density at radius 1 is 1.28 bits per heavy atom. The van der Waals surface area contributed by atoms with Crippen LogP contribution >= 0.6 is 15.9 Å². The Kier molecular flexibility index (Phi) is 6.03. The molecule has 1 aromatic carbocycles. The van der Waals surface area contributed by atoms with Crippen LogP contribution in [0.2, 0.25) is 0 Å². The molecule has 0 aliphatic rings. The van der Waals surface area contributed by atoms with E-state index in [1.807, 2.05) is 0 Å². The highest BCUT2D eigenvalue weighted by Gasteiger charge is 2.12. The molecule has 5 nitrogen and oxygen atoms in total. The predicted octanol–water partition coefficient (Wildman–Crippen LogP) is 1.41. The minimum atomic E-state index is -0.504. The molecule has 0 atom stereocenters. The number of nitrogens with zero attached hydrogens (tertiary/aromatic N) is 1. The van der Waals surface area contributed by atoms with E-state index in [9.17, 15) is 9.18 Å². The van der Waals surface area contributed by atoms with Crippen LogP contribution < -0.4 is 5.32 Å². The lowest BCUT2D eigenvalue weighted by atomic mass is 10.3. The molecule has 100 valence electrons. The highest BCUT2D eigenvalue weighted by Crippen LogP contribution is 2.18. The third-order valence-corrected chi connectivity index (χ3v) is 2.60. The summed E-state index contributed by atoms with van der Waals surface area (Å²) in [5.41, 5.74) is 0.299. The van der Waals surface area contributed by atoms with E-state index in [1.54, 1.807) is 6.07 Å². The van der Waals surface area contributed by atoms with Crippen molar-refractivity contribution in [3.63, 3.8) is 0 Å². The van der Waals surface area contributed by atoms with Crippen LogP contribution in [0.15, 0.2) is 22.7 Å². The zero-order valence-electron chi connectivity index (χ0n) is 9.57. The summed E-state index contributed by atoms with van der Waals surface area (Å²) in [6, 6.07) is 3.50. The van der Waals surface area contributed by atoms with Gasteiger partial charge in [-0.15, -0.1) is 0 Å². The van der Waals surface area contributed by atoms with Gasteiger partial charge in [-0.25, -0.2) is 9.18 Å². The first-order valence-electron chi connectivity index (χ1n) is 5.30. The van der Waals surface area contributed by atoms with E-state index >= 15 is 0 Å². The predicted molar refractivity (Wildman–Crippen MR) is 68.9 cm³/mol. The lowest BCUT2D eigenvalue weighted by Gasteiger charge is -2.21.